The second-order valence-electron chi connectivity index (χ2n) is 7.08. The number of hydrogen-bond acceptors (Lipinski definition) is 4. The predicted molar refractivity (Wildman–Crippen MR) is 99.3 cm³/mol. The molecule has 3 aromatic rings. The van der Waals surface area contributed by atoms with Gasteiger partial charge in [0.05, 0.1) is 17.2 Å². The number of aryl methyl sites for hydroxylation is 1. The van der Waals surface area contributed by atoms with Crippen LogP contribution in [0.5, 0.6) is 0 Å². The fraction of sp³-hybridized carbons (Fsp3) is 0.250. The van der Waals surface area contributed by atoms with E-state index in [9.17, 15) is 14.3 Å². The number of benzene rings is 1. The molecule has 3 N–H and O–H groups in total. The van der Waals surface area contributed by atoms with Crippen LogP contribution in [0.2, 0.25) is 0 Å². The Bertz CT molecular complexity index is 1040. The normalized spacial score (nSPS) is 21.2. The Morgan fingerprint density at radius 1 is 1.30 bits per heavy atom. The average molecular weight is 366 g/mol. The van der Waals surface area contributed by atoms with E-state index in [4.69, 9.17) is 5.73 Å². The van der Waals surface area contributed by atoms with Crippen LogP contribution in [0.15, 0.2) is 42.7 Å². The summed E-state index contributed by atoms with van der Waals surface area (Å²) >= 11 is 0. The van der Waals surface area contributed by atoms with Gasteiger partial charge in [-0.15, -0.1) is 0 Å². The second-order valence-corrected chi connectivity index (χ2v) is 7.08. The molecule has 27 heavy (non-hydrogen) atoms. The first-order chi connectivity index (χ1) is 12.8. The Hall–Kier alpha value is -3.22. The minimum absolute atomic E-state index is 0.115. The van der Waals surface area contributed by atoms with Crippen molar-refractivity contribution >= 4 is 11.8 Å². The average Bonchev–Trinajstić information content (AvgIpc) is 3.24. The number of pyridine rings is 1. The molecule has 4 rings (SSSR count). The minimum atomic E-state index is -0.797. The van der Waals surface area contributed by atoms with Gasteiger partial charge in [-0.3, -0.25) is 14.5 Å². The summed E-state index contributed by atoms with van der Waals surface area (Å²) in [6.45, 7) is 1.93. The molecule has 6 nitrogen and oxygen atoms in total. The number of rotatable bonds is 4. The van der Waals surface area contributed by atoms with Gasteiger partial charge in [0.2, 0.25) is 0 Å². The van der Waals surface area contributed by atoms with Crippen LogP contribution in [-0.4, -0.2) is 25.8 Å². The van der Waals surface area contributed by atoms with E-state index in [-0.39, 0.29) is 11.6 Å². The lowest BCUT2D eigenvalue weighted by atomic mass is 9.92. The maximum atomic E-state index is 14.6. The van der Waals surface area contributed by atoms with Crippen LogP contribution in [0.4, 0.5) is 10.2 Å². The number of anilines is 1. The topological polar surface area (TPSA) is 94.0 Å². The standard InChI is InChI=1S/C20H19FN4O2/c1-11-8-20(11,19(26)27)14-5-3-12(4-6-14)13-7-16(21)17(23-9-13)15-10-24-25(2)18(15)22/h3-7,9-11H,8,22H2,1-2H3,(H,26,27). The molecule has 0 spiro atoms. The molecule has 0 saturated heterocycles. The number of aromatic nitrogens is 3. The molecule has 1 aliphatic carbocycles. The van der Waals surface area contributed by atoms with Crippen LogP contribution < -0.4 is 5.73 Å². The third kappa shape index (κ3) is 2.58. The largest absolute Gasteiger partial charge is 0.481 e. The van der Waals surface area contributed by atoms with Crippen LogP contribution in [-0.2, 0) is 17.3 Å². The fourth-order valence-electron chi connectivity index (χ4n) is 3.63. The zero-order valence-corrected chi connectivity index (χ0v) is 15.0. The highest BCUT2D eigenvalue weighted by Gasteiger charge is 2.58. The lowest BCUT2D eigenvalue weighted by Crippen LogP contribution is -2.21. The summed E-state index contributed by atoms with van der Waals surface area (Å²) in [6.07, 6.45) is 3.70. The quantitative estimate of drug-likeness (QED) is 0.739. The molecule has 1 fully saturated rings. The minimum Gasteiger partial charge on any atom is -0.481 e. The van der Waals surface area contributed by atoms with Gasteiger partial charge < -0.3 is 10.8 Å². The first-order valence-corrected chi connectivity index (χ1v) is 8.62. The van der Waals surface area contributed by atoms with Crippen molar-refractivity contribution < 1.29 is 14.3 Å². The third-order valence-corrected chi connectivity index (χ3v) is 5.51. The first-order valence-electron chi connectivity index (χ1n) is 8.62. The highest BCUT2D eigenvalue weighted by Crippen LogP contribution is 2.54. The fourth-order valence-corrected chi connectivity index (χ4v) is 3.63. The number of carbonyl (C=O) groups is 1. The summed E-state index contributed by atoms with van der Waals surface area (Å²) in [4.78, 5) is 15.8. The van der Waals surface area contributed by atoms with Crippen molar-refractivity contribution in [1.29, 1.82) is 0 Å². The molecule has 2 unspecified atom stereocenters. The zero-order valence-electron chi connectivity index (χ0n) is 15.0. The highest BCUT2D eigenvalue weighted by molar-refractivity contribution is 5.86. The van der Waals surface area contributed by atoms with E-state index in [0.717, 1.165) is 11.1 Å². The second kappa shape index (κ2) is 5.90. The number of nitrogens with zero attached hydrogens (tertiary/aromatic N) is 3. The van der Waals surface area contributed by atoms with Crippen molar-refractivity contribution in [1.82, 2.24) is 14.8 Å². The Balaban J connectivity index is 1.66. The van der Waals surface area contributed by atoms with Crippen LogP contribution in [0.1, 0.15) is 18.9 Å². The predicted octanol–water partition coefficient (Wildman–Crippen LogP) is 3.23. The third-order valence-electron chi connectivity index (χ3n) is 5.51. The van der Waals surface area contributed by atoms with E-state index < -0.39 is 17.2 Å². The van der Waals surface area contributed by atoms with Gasteiger partial charge in [0.15, 0.2) is 0 Å². The summed E-state index contributed by atoms with van der Waals surface area (Å²) < 4.78 is 16.1. The summed E-state index contributed by atoms with van der Waals surface area (Å²) in [5.41, 5.74) is 7.86. The van der Waals surface area contributed by atoms with Crippen molar-refractivity contribution in [2.24, 2.45) is 13.0 Å². The number of aliphatic carboxylic acids is 1. The molecule has 1 aromatic carbocycles. The Labute approximate surface area is 155 Å². The zero-order chi connectivity index (χ0) is 19.3. The van der Waals surface area contributed by atoms with Crippen LogP contribution in [0, 0.1) is 11.7 Å². The highest BCUT2D eigenvalue weighted by atomic mass is 19.1. The van der Waals surface area contributed by atoms with Gasteiger partial charge in [-0.2, -0.15) is 5.10 Å². The molecular formula is C20H19FN4O2. The van der Waals surface area contributed by atoms with Crippen molar-refractivity contribution in [2.75, 3.05) is 5.73 Å². The van der Waals surface area contributed by atoms with E-state index in [0.29, 0.717) is 23.4 Å². The van der Waals surface area contributed by atoms with Crippen LogP contribution >= 0.6 is 0 Å². The maximum absolute atomic E-state index is 14.6. The van der Waals surface area contributed by atoms with Gasteiger partial charge in [0, 0.05) is 18.8 Å². The molecule has 2 heterocycles. The van der Waals surface area contributed by atoms with Gasteiger partial charge in [-0.05, 0) is 29.5 Å². The molecule has 0 aliphatic heterocycles. The van der Waals surface area contributed by atoms with Gasteiger partial charge in [-0.25, -0.2) is 4.39 Å². The molecular weight excluding hydrogens is 347 g/mol. The molecule has 1 aliphatic rings. The molecule has 2 aromatic heterocycles. The van der Waals surface area contributed by atoms with Crippen molar-refractivity contribution in [3.05, 3.63) is 54.1 Å². The molecule has 0 bridgehead atoms. The number of hydrogen-bond donors (Lipinski definition) is 2. The van der Waals surface area contributed by atoms with E-state index in [2.05, 4.69) is 10.1 Å². The maximum Gasteiger partial charge on any atom is 0.314 e. The van der Waals surface area contributed by atoms with Gasteiger partial charge >= 0.3 is 5.97 Å². The summed E-state index contributed by atoms with van der Waals surface area (Å²) in [6, 6.07) is 8.62. The van der Waals surface area contributed by atoms with E-state index >= 15 is 0 Å². The van der Waals surface area contributed by atoms with Gasteiger partial charge in [0.25, 0.3) is 0 Å². The van der Waals surface area contributed by atoms with Crippen molar-refractivity contribution in [3.8, 4) is 22.4 Å². The number of carboxylic acids is 1. The van der Waals surface area contributed by atoms with Crippen molar-refractivity contribution in [2.45, 2.75) is 18.8 Å². The van der Waals surface area contributed by atoms with E-state index in [1.807, 2.05) is 6.92 Å². The Morgan fingerprint density at radius 2 is 1.96 bits per heavy atom. The van der Waals surface area contributed by atoms with E-state index in [1.54, 1.807) is 37.5 Å². The SMILES string of the molecule is CC1CC1(C(=O)O)c1ccc(-c2cnc(-c3cnn(C)c3N)c(F)c2)cc1. The monoisotopic (exact) mass is 366 g/mol. The Morgan fingerprint density at radius 3 is 2.44 bits per heavy atom. The molecule has 1 saturated carbocycles. The summed E-state index contributed by atoms with van der Waals surface area (Å²) in [5.74, 6) is -0.830. The van der Waals surface area contributed by atoms with Gasteiger partial charge in [-0.1, -0.05) is 31.2 Å². The molecule has 7 heteroatoms. The van der Waals surface area contributed by atoms with Gasteiger partial charge in [0.1, 0.15) is 17.3 Å². The van der Waals surface area contributed by atoms with Crippen LogP contribution in [0.25, 0.3) is 22.4 Å². The number of halogens is 1. The lowest BCUT2D eigenvalue weighted by Gasteiger charge is -2.13. The Kier molecular flexibility index (Phi) is 3.76. The van der Waals surface area contributed by atoms with Crippen LogP contribution in [0.3, 0.4) is 0 Å². The number of carboxylic acid groups (broad SMARTS) is 1. The molecule has 0 amide bonds. The molecule has 0 radical (unpaired) electrons. The lowest BCUT2D eigenvalue weighted by molar-refractivity contribution is -0.140. The first kappa shape index (κ1) is 17.2. The smallest absolute Gasteiger partial charge is 0.314 e. The summed E-state index contributed by atoms with van der Waals surface area (Å²) in [7, 11) is 1.68. The molecule has 138 valence electrons. The van der Waals surface area contributed by atoms with E-state index in [1.165, 1.54) is 16.9 Å². The number of nitrogens with two attached hydrogens (primary N) is 1. The summed E-state index contributed by atoms with van der Waals surface area (Å²) in [5, 5.41) is 13.5. The number of nitrogen functional groups attached to an aromatic ring is 1. The van der Waals surface area contributed by atoms with Crippen molar-refractivity contribution in [3.63, 3.8) is 0 Å². The molecule has 2 atom stereocenters.